The molecule has 0 unspecified atom stereocenters. The molecule has 0 aliphatic rings. The molecular formula is C14H11FN4O2S. The molecule has 2 aromatic heterocycles. The van der Waals surface area contributed by atoms with Crippen LogP contribution in [0.3, 0.4) is 0 Å². The van der Waals surface area contributed by atoms with E-state index in [1.54, 1.807) is 24.5 Å². The molecule has 3 aromatic rings. The number of nitrogens with one attached hydrogen (secondary N) is 1. The first-order valence-electron chi connectivity index (χ1n) is 6.24. The second-order valence-electron chi connectivity index (χ2n) is 4.56. The molecule has 112 valence electrons. The molecule has 22 heavy (non-hydrogen) atoms. The van der Waals surface area contributed by atoms with E-state index in [-0.39, 0.29) is 5.03 Å². The van der Waals surface area contributed by atoms with Gasteiger partial charge in [0.1, 0.15) is 11.5 Å². The summed E-state index contributed by atoms with van der Waals surface area (Å²) in [5.41, 5.74) is 1.86. The van der Waals surface area contributed by atoms with Crippen molar-refractivity contribution in [3.63, 3.8) is 0 Å². The number of benzene rings is 1. The smallest absolute Gasteiger partial charge is 0.255 e. The summed E-state index contributed by atoms with van der Waals surface area (Å²) in [6, 6.07) is 8.81. The predicted octanol–water partition coefficient (Wildman–Crippen LogP) is 1.93. The van der Waals surface area contributed by atoms with Crippen LogP contribution in [0.2, 0.25) is 0 Å². The van der Waals surface area contributed by atoms with E-state index in [4.69, 9.17) is 5.14 Å². The summed E-state index contributed by atoms with van der Waals surface area (Å²) >= 11 is 0. The van der Waals surface area contributed by atoms with Crippen LogP contribution in [0.15, 0.2) is 53.8 Å². The lowest BCUT2D eigenvalue weighted by atomic mass is 10.0. The van der Waals surface area contributed by atoms with E-state index in [9.17, 15) is 12.8 Å². The third-order valence-corrected chi connectivity index (χ3v) is 3.97. The van der Waals surface area contributed by atoms with E-state index in [0.29, 0.717) is 22.4 Å². The summed E-state index contributed by atoms with van der Waals surface area (Å²) < 4.78 is 36.6. The third-order valence-electron chi connectivity index (χ3n) is 3.10. The molecule has 0 saturated heterocycles. The first-order chi connectivity index (χ1) is 10.5. The maximum Gasteiger partial charge on any atom is 0.255 e. The Hall–Kier alpha value is -2.58. The van der Waals surface area contributed by atoms with Gasteiger partial charge in [-0.1, -0.05) is 12.1 Å². The molecule has 0 aliphatic carbocycles. The number of aromatic amines is 1. The zero-order valence-electron chi connectivity index (χ0n) is 11.2. The number of primary sulfonamides is 1. The van der Waals surface area contributed by atoms with Crippen molar-refractivity contribution in [1.29, 1.82) is 0 Å². The topological polar surface area (TPSA) is 102 Å². The summed E-state index contributed by atoms with van der Waals surface area (Å²) in [4.78, 5) is 3.91. The van der Waals surface area contributed by atoms with Crippen molar-refractivity contribution >= 4 is 10.0 Å². The second kappa shape index (κ2) is 5.32. The molecule has 2 heterocycles. The molecule has 0 spiro atoms. The van der Waals surface area contributed by atoms with Gasteiger partial charge in [0.05, 0.1) is 0 Å². The van der Waals surface area contributed by atoms with Crippen LogP contribution in [0.4, 0.5) is 4.39 Å². The van der Waals surface area contributed by atoms with E-state index in [1.165, 1.54) is 24.3 Å². The first-order valence-corrected chi connectivity index (χ1v) is 7.79. The maximum atomic E-state index is 13.1. The van der Waals surface area contributed by atoms with Crippen LogP contribution in [0.5, 0.6) is 0 Å². The van der Waals surface area contributed by atoms with Gasteiger partial charge in [-0.2, -0.15) is 5.10 Å². The number of halogens is 1. The molecule has 8 heteroatoms. The standard InChI is InChI=1S/C14H11FN4O2S/c15-11-3-1-9(2-4-11)12-13(10-5-7-17-8-6-10)18-19-14(12)22(16,20)21/h1-8H,(H,18,19)(H2,16,20,21). The first kappa shape index (κ1) is 14.4. The lowest BCUT2D eigenvalue weighted by Gasteiger charge is -2.05. The summed E-state index contributed by atoms with van der Waals surface area (Å²) in [6.45, 7) is 0. The van der Waals surface area contributed by atoms with Gasteiger partial charge in [0, 0.05) is 23.5 Å². The van der Waals surface area contributed by atoms with Crippen LogP contribution in [0.1, 0.15) is 0 Å². The Morgan fingerprint density at radius 1 is 1.00 bits per heavy atom. The molecule has 0 bridgehead atoms. The highest BCUT2D eigenvalue weighted by Gasteiger charge is 2.23. The Balaban J connectivity index is 2.29. The normalized spacial score (nSPS) is 11.5. The molecule has 3 N–H and O–H groups in total. The highest BCUT2D eigenvalue weighted by molar-refractivity contribution is 7.89. The molecule has 6 nitrogen and oxygen atoms in total. The number of aromatic nitrogens is 3. The molecule has 0 amide bonds. The summed E-state index contributed by atoms with van der Waals surface area (Å²) in [6.07, 6.45) is 3.13. The van der Waals surface area contributed by atoms with Gasteiger partial charge in [-0.05, 0) is 29.8 Å². The average Bonchev–Trinajstić information content (AvgIpc) is 2.94. The fourth-order valence-corrected chi connectivity index (χ4v) is 2.81. The number of hydrogen-bond acceptors (Lipinski definition) is 4. The maximum absolute atomic E-state index is 13.1. The number of nitrogens with two attached hydrogens (primary N) is 1. The van der Waals surface area contributed by atoms with Crippen LogP contribution in [-0.4, -0.2) is 23.6 Å². The van der Waals surface area contributed by atoms with Crippen molar-refractivity contribution < 1.29 is 12.8 Å². The molecular weight excluding hydrogens is 307 g/mol. The van der Waals surface area contributed by atoms with Gasteiger partial charge in [-0.25, -0.2) is 17.9 Å². The minimum atomic E-state index is -4.01. The van der Waals surface area contributed by atoms with Gasteiger partial charge in [0.15, 0.2) is 5.03 Å². The van der Waals surface area contributed by atoms with Gasteiger partial charge in [0.25, 0.3) is 10.0 Å². The Labute approximate surface area is 125 Å². The quantitative estimate of drug-likeness (QED) is 0.770. The molecule has 0 fully saturated rings. The third kappa shape index (κ3) is 2.61. The van der Waals surface area contributed by atoms with Gasteiger partial charge in [-0.3, -0.25) is 10.1 Å². The van der Waals surface area contributed by atoms with Crippen LogP contribution in [0.25, 0.3) is 22.4 Å². The van der Waals surface area contributed by atoms with Gasteiger partial charge in [0.2, 0.25) is 0 Å². The molecule has 1 aromatic carbocycles. The van der Waals surface area contributed by atoms with Crippen molar-refractivity contribution in [3.8, 4) is 22.4 Å². The second-order valence-corrected chi connectivity index (χ2v) is 6.06. The lowest BCUT2D eigenvalue weighted by Crippen LogP contribution is -2.13. The number of hydrogen-bond donors (Lipinski definition) is 2. The van der Waals surface area contributed by atoms with Gasteiger partial charge in [-0.15, -0.1) is 0 Å². The van der Waals surface area contributed by atoms with Crippen LogP contribution >= 0.6 is 0 Å². The van der Waals surface area contributed by atoms with E-state index >= 15 is 0 Å². The van der Waals surface area contributed by atoms with E-state index < -0.39 is 15.8 Å². The Kier molecular flexibility index (Phi) is 3.47. The minimum Gasteiger partial charge on any atom is -0.265 e. The Morgan fingerprint density at radius 3 is 2.23 bits per heavy atom. The number of pyridine rings is 1. The van der Waals surface area contributed by atoms with Crippen molar-refractivity contribution in [2.45, 2.75) is 5.03 Å². The largest absolute Gasteiger partial charge is 0.265 e. The number of H-pyrrole nitrogens is 1. The summed E-state index contributed by atoms with van der Waals surface area (Å²) in [5, 5.41) is 11.5. The molecule has 0 radical (unpaired) electrons. The van der Waals surface area contributed by atoms with E-state index in [2.05, 4.69) is 15.2 Å². The number of nitrogens with zero attached hydrogens (tertiary/aromatic N) is 2. The highest BCUT2D eigenvalue weighted by atomic mass is 32.2. The number of sulfonamides is 1. The van der Waals surface area contributed by atoms with Crippen LogP contribution in [0, 0.1) is 5.82 Å². The molecule has 3 rings (SSSR count). The highest BCUT2D eigenvalue weighted by Crippen LogP contribution is 2.34. The fraction of sp³-hybridized carbons (Fsp3) is 0. The van der Waals surface area contributed by atoms with Crippen LogP contribution in [-0.2, 0) is 10.0 Å². The van der Waals surface area contributed by atoms with E-state index in [0.717, 1.165) is 0 Å². The summed E-state index contributed by atoms with van der Waals surface area (Å²) in [7, 11) is -4.01. The van der Waals surface area contributed by atoms with Gasteiger partial charge >= 0.3 is 0 Å². The van der Waals surface area contributed by atoms with Crippen molar-refractivity contribution in [3.05, 3.63) is 54.6 Å². The van der Waals surface area contributed by atoms with Crippen molar-refractivity contribution in [2.75, 3.05) is 0 Å². The Bertz CT molecular complexity index is 906. The zero-order chi connectivity index (χ0) is 15.7. The van der Waals surface area contributed by atoms with Crippen molar-refractivity contribution in [2.24, 2.45) is 5.14 Å². The predicted molar refractivity (Wildman–Crippen MR) is 78.6 cm³/mol. The fourth-order valence-electron chi connectivity index (χ4n) is 2.13. The average molecular weight is 318 g/mol. The van der Waals surface area contributed by atoms with Gasteiger partial charge < -0.3 is 0 Å². The monoisotopic (exact) mass is 318 g/mol. The zero-order valence-corrected chi connectivity index (χ0v) is 12.0. The summed E-state index contributed by atoms with van der Waals surface area (Å²) in [5.74, 6) is -0.421. The number of rotatable bonds is 3. The molecule has 0 saturated carbocycles. The lowest BCUT2D eigenvalue weighted by molar-refractivity contribution is 0.594. The minimum absolute atomic E-state index is 0.217. The van der Waals surface area contributed by atoms with Crippen LogP contribution < -0.4 is 5.14 Å². The SMILES string of the molecule is NS(=O)(=O)c1[nH]nc(-c2ccncc2)c1-c1ccc(F)cc1. The molecule has 0 aliphatic heterocycles. The van der Waals surface area contributed by atoms with E-state index in [1.807, 2.05) is 0 Å². The van der Waals surface area contributed by atoms with Crippen molar-refractivity contribution in [1.82, 2.24) is 15.2 Å². The molecule has 0 atom stereocenters. The Morgan fingerprint density at radius 2 is 1.64 bits per heavy atom.